The van der Waals surface area contributed by atoms with E-state index in [4.69, 9.17) is 4.74 Å². The molecule has 1 atom stereocenters. The number of carbonyl (C=O) groups excluding carboxylic acids is 1. The second kappa shape index (κ2) is 5.84. The molecular weight excluding hydrogens is 220 g/mol. The third kappa shape index (κ3) is 2.72. The predicted octanol–water partition coefficient (Wildman–Crippen LogP) is 2.11. The first-order valence-electron chi connectivity index (χ1n) is 5.18. The predicted molar refractivity (Wildman–Crippen MR) is 62.3 cm³/mol. The summed E-state index contributed by atoms with van der Waals surface area (Å²) >= 11 is 0. The molecule has 0 aliphatic rings. The summed E-state index contributed by atoms with van der Waals surface area (Å²) in [6, 6.07) is 8.43. The topological polar surface area (TPSA) is 63.6 Å². The molecular formula is C13H14O4. The molecule has 0 aliphatic carbocycles. The van der Waals surface area contributed by atoms with Gasteiger partial charge < -0.3 is 9.84 Å². The van der Waals surface area contributed by atoms with Crippen molar-refractivity contribution < 1.29 is 19.4 Å². The van der Waals surface area contributed by atoms with E-state index in [2.05, 4.69) is 6.58 Å². The molecule has 0 aliphatic heterocycles. The molecule has 0 saturated carbocycles. The highest BCUT2D eigenvalue weighted by Gasteiger charge is 2.41. The zero-order chi connectivity index (χ0) is 12.7. The number of hydrogen-bond donors (Lipinski definition) is 1. The maximum atomic E-state index is 11.4. The lowest BCUT2D eigenvalue weighted by Gasteiger charge is -2.27. The third-order valence-corrected chi connectivity index (χ3v) is 2.54. The summed E-state index contributed by atoms with van der Waals surface area (Å²) in [6.45, 7) is 3.71. The molecule has 0 aromatic heterocycles. The second-order valence-electron chi connectivity index (χ2n) is 3.54. The summed E-state index contributed by atoms with van der Waals surface area (Å²) in [5, 5.41) is 9.32. The van der Waals surface area contributed by atoms with Crippen molar-refractivity contribution in [2.75, 3.05) is 0 Å². The van der Waals surface area contributed by atoms with Crippen LogP contribution < -0.4 is 0 Å². The first-order chi connectivity index (χ1) is 8.17. The van der Waals surface area contributed by atoms with Gasteiger partial charge in [-0.15, -0.1) is 6.58 Å². The molecule has 17 heavy (non-hydrogen) atoms. The number of aliphatic carboxylic acids is 1. The van der Waals surface area contributed by atoms with Crippen LogP contribution in [0.3, 0.4) is 0 Å². The van der Waals surface area contributed by atoms with Gasteiger partial charge >= 0.3 is 5.97 Å². The average Bonchev–Trinajstić information content (AvgIpc) is 2.35. The number of carbonyl (C=O) groups is 2. The Hall–Kier alpha value is -2.10. The van der Waals surface area contributed by atoms with Gasteiger partial charge in [0, 0.05) is 12.0 Å². The molecule has 0 amide bonds. The number of benzene rings is 1. The molecule has 0 spiro atoms. The lowest BCUT2D eigenvalue weighted by molar-refractivity contribution is -0.173. The molecule has 0 radical (unpaired) electrons. The lowest BCUT2D eigenvalue weighted by Crippen LogP contribution is -2.38. The van der Waals surface area contributed by atoms with Crippen molar-refractivity contribution in [3.05, 3.63) is 48.6 Å². The number of carboxylic acid groups (broad SMARTS) is 1. The van der Waals surface area contributed by atoms with Crippen LogP contribution in [0.4, 0.5) is 0 Å². The largest absolute Gasteiger partial charge is 0.478 e. The van der Waals surface area contributed by atoms with Gasteiger partial charge in [0.25, 0.3) is 6.47 Å². The zero-order valence-corrected chi connectivity index (χ0v) is 9.33. The molecule has 1 rings (SSSR count). The van der Waals surface area contributed by atoms with Gasteiger partial charge in [-0.3, -0.25) is 4.79 Å². The highest BCUT2D eigenvalue weighted by molar-refractivity contribution is 5.80. The van der Waals surface area contributed by atoms with Crippen molar-refractivity contribution in [3.63, 3.8) is 0 Å². The summed E-state index contributed by atoms with van der Waals surface area (Å²) in [4.78, 5) is 21.9. The van der Waals surface area contributed by atoms with E-state index < -0.39 is 11.6 Å². The molecule has 90 valence electrons. The van der Waals surface area contributed by atoms with Gasteiger partial charge in [0.2, 0.25) is 5.60 Å². The fourth-order valence-electron chi connectivity index (χ4n) is 1.65. The van der Waals surface area contributed by atoms with Crippen molar-refractivity contribution >= 4 is 12.4 Å². The summed E-state index contributed by atoms with van der Waals surface area (Å²) in [6.07, 6.45) is 2.19. The Morgan fingerprint density at radius 3 is 2.53 bits per heavy atom. The fourth-order valence-corrected chi connectivity index (χ4v) is 1.65. The van der Waals surface area contributed by atoms with Crippen LogP contribution in [0.2, 0.25) is 0 Å². The zero-order valence-electron chi connectivity index (χ0n) is 9.33. The number of rotatable bonds is 7. The molecule has 0 bridgehead atoms. The van der Waals surface area contributed by atoms with Crippen LogP contribution >= 0.6 is 0 Å². The smallest absolute Gasteiger partial charge is 0.352 e. The molecule has 1 aromatic rings. The van der Waals surface area contributed by atoms with E-state index in [1.165, 1.54) is 0 Å². The monoisotopic (exact) mass is 234 g/mol. The van der Waals surface area contributed by atoms with Gasteiger partial charge in [-0.25, -0.2) is 4.79 Å². The minimum absolute atomic E-state index is 0.161. The van der Waals surface area contributed by atoms with E-state index in [-0.39, 0.29) is 12.9 Å². The third-order valence-electron chi connectivity index (χ3n) is 2.54. The summed E-state index contributed by atoms with van der Waals surface area (Å²) < 4.78 is 4.85. The number of ether oxygens (including phenoxy) is 1. The maximum absolute atomic E-state index is 11.4. The molecule has 1 aromatic carbocycles. The van der Waals surface area contributed by atoms with Crippen LogP contribution in [-0.2, 0) is 19.9 Å². The minimum Gasteiger partial charge on any atom is -0.478 e. The molecule has 1 unspecified atom stereocenters. The Morgan fingerprint density at radius 1 is 1.41 bits per heavy atom. The van der Waals surface area contributed by atoms with E-state index >= 15 is 0 Å². The fraction of sp³-hybridized carbons (Fsp3) is 0.231. The molecule has 0 heterocycles. The van der Waals surface area contributed by atoms with E-state index in [0.29, 0.717) is 12.0 Å². The standard InChI is InChI=1S/C13H14O4/c1-2-3-9-13(12(15)16,17-10-14)11-7-5-4-6-8-11/h2,4-8,10H,1,3,9H2,(H,15,16). The van der Waals surface area contributed by atoms with Gasteiger partial charge in [0.1, 0.15) is 0 Å². The van der Waals surface area contributed by atoms with Crippen molar-refractivity contribution in [2.24, 2.45) is 0 Å². The van der Waals surface area contributed by atoms with E-state index in [9.17, 15) is 14.7 Å². The van der Waals surface area contributed by atoms with Crippen LogP contribution in [0.1, 0.15) is 18.4 Å². The van der Waals surface area contributed by atoms with Crippen molar-refractivity contribution in [1.29, 1.82) is 0 Å². The van der Waals surface area contributed by atoms with Gasteiger partial charge in [0.15, 0.2) is 0 Å². The normalized spacial score (nSPS) is 13.4. The minimum atomic E-state index is -1.63. The van der Waals surface area contributed by atoms with Crippen molar-refractivity contribution in [3.8, 4) is 0 Å². The quantitative estimate of drug-likeness (QED) is 0.579. The molecule has 4 nitrogen and oxygen atoms in total. The maximum Gasteiger partial charge on any atom is 0.352 e. The SMILES string of the molecule is C=CCCC(OC=O)(C(=O)O)c1ccccc1. The number of carboxylic acids is 1. The number of hydrogen-bond acceptors (Lipinski definition) is 3. The van der Waals surface area contributed by atoms with Crippen LogP contribution in [-0.4, -0.2) is 17.5 Å². The summed E-state index contributed by atoms with van der Waals surface area (Å²) in [5.74, 6) is -1.18. The Kier molecular flexibility index (Phi) is 4.46. The first kappa shape index (κ1) is 13.0. The molecule has 4 heteroatoms. The summed E-state index contributed by atoms with van der Waals surface area (Å²) in [7, 11) is 0. The lowest BCUT2D eigenvalue weighted by atomic mass is 9.89. The van der Waals surface area contributed by atoms with E-state index in [1.807, 2.05) is 0 Å². The van der Waals surface area contributed by atoms with Crippen LogP contribution in [0.5, 0.6) is 0 Å². The van der Waals surface area contributed by atoms with Crippen molar-refractivity contribution in [2.45, 2.75) is 18.4 Å². The number of allylic oxidation sites excluding steroid dienone is 1. The molecule has 0 saturated heterocycles. The Balaban J connectivity index is 3.18. The Morgan fingerprint density at radius 2 is 2.06 bits per heavy atom. The van der Waals surface area contributed by atoms with Crippen LogP contribution in [0, 0.1) is 0 Å². The second-order valence-corrected chi connectivity index (χ2v) is 3.54. The highest BCUT2D eigenvalue weighted by atomic mass is 16.6. The van der Waals surface area contributed by atoms with Gasteiger partial charge in [-0.2, -0.15) is 0 Å². The highest BCUT2D eigenvalue weighted by Crippen LogP contribution is 2.31. The van der Waals surface area contributed by atoms with Gasteiger partial charge in [0.05, 0.1) is 0 Å². The van der Waals surface area contributed by atoms with E-state index in [0.717, 1.165) is 0 Å². The van der Waals surface area contributed by atoms with Gasteiger partial charge in [-0.1, -0.05) is 36.4 Å². The average molecular weight is 234 g/mol. The van der Waals surface area contributed by atoms with E-state index in [1.54, 1.807) is 36.4 Å². The molecule has 1 N–H and O–H groups in total. The van der Waals surface area contributed by atoms with Crippen LogP contribution in [0.25, 0.3) is 0 Å². The molecule has 0 fully saturated rings. The van der Waals surface area contributed by atoms with Gasteiger partial charge in [-0.05, 0) is 6.42 Å². The van der Waals surface area contributed by atoms with Crippen molar-refractivity contribution in [1.82, 2.24) is 0 Å². The Bertz CT molecular complexity index is 399. The Labute approximate surface area is 99.5 Å². The van der Waals surface area contributed by atoms with Crippen LogP contribution in [0.15, 0.2) is 43.0 Å². The first-order valence-corrected chi connectivity index (χ1v) is 5.18. The summed E-state index contributed by atoms with van der Waals surface area (Å²) in [5.41, 5.74) is -1.18.